The maximum Gasteiger partial charge on any atom is 0.407 e. The summed E-state index contributed by atoms with van der Waals surface area (Å²) < 4.78 is 28.8. The number of rotatable bonds is 3. The van der Waals surface area contributed by atoms with Crippen LogP contribution in [0.5, 0.6) is 0 Å². The van der Waals surface area contributed by atoms with Crippen LogP contribution in [0.2, 0.25) is 0 Å². The summed E-state index contributed by atoms with van der Waals surface area (Å²) in [5.41, 5.74) is 0.540. The average molecular weight is 404 g/mol. The van der Waals surface area contributed by atoms with Crippen molar-refractivity contribution in [2.45, 2.75) is 31.8 Å². The lowest BCUT2D eigenvalue weighted by Gasteiger charge is -2.36. The van der Waals surface area contributed by atoms with E-state index in [1.54, 1.807) is 4.68 Å². The van der Waals surface area contributed by atoms with Gasteiger partial charge in [-0.25, -0.2) is 18.3 Å². The van der Waals surface area contributed by atoms with Crippen LogP contribution in [0.25, 0.3) is 0 Å². The second kappa shape index (κ2) is 6.85. The Hall–Kier alpha value is -2.91. The molecule has 1 amide bonds. The molecule has 2 aliphatic heterocycles. The standard InChI is InChI=1S/C19H22F2N6O2/c20-14-5-4-13(8-15(14)21)26-6-1-7-27-18(26)23-17(24-27)22-16-11-2-3-12(16)10-25(9-11)19(28)29/h4-5,8,11-12,16H,1-3,6-7,9-10H2,(H,22,24)(H,28,29)/t11-,12+,16+. The molecule has 2 fully saturated rings. The third kappa shape index (κ3) is 3.16. The summed E-state index contributed by atoms with van der Waals surface area (Å²) in [5.74, 6) is -0.183. The predicted octanol–water partition coefficient (Wildman–Crippen LogP) is 2.90. The van der Waals surface area contributed by atoms with Gasteiger partial charge in [-0.1, -0.05) is 0 Å². The molecule has 10 heteroatoms. The van der Waals surface area contributed by atoms with Crippen molar-refractivity contribution in [1.82, 2.24) is 19.7 Å². The van der Waals surface area contributed by atoms with Crippen molar-refractivity contribution in [3.8, 4) is 0 Å². The number of hydrogen-bond acceptors (Lipinski definition) is 5. The Bertz CT molecular complexity index is 937. The summed E-state index contributed by atoms with van der Waals surface area (Å²) in [6.45, 7) is 2.40. The van der Waals surface area contributed by atoms with Crippen molar-refractivity contribution in [2.24, 2.45) is 11.8 Å². The summed E-state index contributed by atoms with van der Waals surface area (Å²) in [6, 6.07) is 3.98. The number of nitrogens with one attached hydrogen (secondary N) is 1. The summed E-state index contributed by atoms with van der Waals surface area (Å²) >= 11 is 0. The second-order valence-electron chi connectivity index (χ2n) is 8.02. The van der Waals surface area contributed by atoms with E-state index in [0.717, 1.165) is 25.3 Å². The number of halogens is 2. The number of aromatic nitrogens is 3. The Morgan fingerprint density at radius 1 is 1.14 bits per heavy atom. The van der Waals surface area contributed by atoms with Gasteiger partial charge in [-0.3, -0.25) is 0 Å². The van der Waals surface area contributed by atoms with Gasteiger partial charge in [-0.05, 0) is 43.2 Å². The number of benzene rings is 1. The van der Waals surface area contributed by atoms with E-state index in [-0.39, 0.29) is 17.9 Å². The highest BCUT2D eigenvalue weighted by Gasteiger charge is 2.44. The fourth-order valence-electron chi connectivity index (χ4n) is 4.88. The molecule has 0 spiro atoms. The van der Waals surface area contributed by atoms with E-state index in [1.165, 1.54) is 17.0 Å². The molecular weight excluding hydrogens is 382 g/mol. The molecule has 2 N–H and O–H groups in total. The van der Waals surface area contributed by atoms with Crippen LogP contribution >= 0.6 is 0 Å². The number of nitrogens with zero attached hydrogens (tertiary/aromatic N) is 5. The maximum absolute atomic E-state index is 13.7. The molecule has 29 heavy (non-hydrogen) atoms. The lowest BCUT2D eigenvalue weighted by atomic mass is 9.92. The monoisotopic (exact) mass is 404 g/mol. The second-order valence-corrected chi connectivity index (χ2v) is 8.02. The van der Waals surface area contributed by atoms with Gasteiger partial charge in [0.25, 0.3) is 0 Å². The molecule has 3 aliphatic rings. The minimum atomic E-state index is -0.890. The molecule has 1 saturated carbocycles. The highest BCUT2D eigenvalue weighted by molar-refractivity contribution is 5.65. The van der Waals surface area contributed by atoms with Crippen LogP contribution < -0.4 is 10.2 Å². The number of fused-ring (bicyclic) bond motifs is 3. The molecule has 5 rings (SSSR count). The molecule has 2 aromatic rings. The van der Waals surface area contributed by atoms with Crippen LogP contribution in [0, 0.1) is 23.5 Å². The Morgan fingerprint density at radius 3 is 2.59 bits per heavy atom. The number of piperidine rings is 1. The Balaban J connectivity index is 1.37. The highest BCUT2D eigenvalue weighted by atomic mass is 19.2. The van der Waals surface area contributed by atoms with E-state index in [0.29, 0.717) is 43.8 Å². The van der Waals surface area contributed by atoms with E-state index < -0.39 is 17.7 Å². The molecule has 8 nitrogen and oxygen atoms in total. The molecule has 1 aromatic heterocycles. The summed E-state index contributed by atoms with van der Waals surface area (Å²) in [5, 5.41) is 17.3. The fourth-order valence-corrected chi connectivity index (χ4v) is 4.88. The number of amides is 1. The molecule has 3 heterocycles. The van der Waals surface area contributed by atoms with Gasteiger partial charge in [0, 0.05) is 44.0 Å². The minimum Gasteiger partial charge on any atom is -0.465 e. The van der Waals surface area contributed by atoms with E-state index in [2.05, 4.69) is 15.4 Å². The Morgan fingerprint density at radius 2 is 1.90 bits per heavy atom. The largest absolute Gasteiger partial charge is 0.465 e. The SMILES string of the molecule is O=C(O)N1C[C@H]2CC[C@@H](C1)[C@H]2Nc1nc2n(n1)CCCN2c1ccc(F)c(F)c1. The van der Waals surface area contributed by atoms with Crippen LogP contribution in [0.4, 0.5) is 31.2 Å². The molecule has 0 unspecified atom stereocenters. The van der Waals surface area contributed by atoms with Crippen molar-refractivity contribution in [3.05, 3.63) is 29.8 Å². The molecule has 1 aliphatic carbocycles. The molecular formula is C19H22F2N6O2. The number of carbonyl (C=O) groups is 1. The van der Waals surface area contributed by atoms with Gasteiger partial charge in [0.1, 0.15) is 0 Å². The van der Waals surface area contributed by atoms with Crippen molar-refractivity contribution in [1.29, 1.82) is 0 Å². The molecule has 2 bridgehead atoms. The van der Waals surface area contributed by atoms with Gasteiger partial charge in [0.15, 0.2) is 11.6 Å². The van der Waals surface area contributed by atoms with E-state index in [1.807, 2.05) is 4.90 Å². The highest BCUT2D eigenvalue weighted by Crippen LogP contribution is 2.39. The molecule has 0 radical (unpaired) electrons. The van der Waals surface area contributed by atoms with Gasteiger partial charge in [-0.15, -0.1) is 5.10 Å². The predicted molar refractivity (Wildman–Crippen MR) is 101 cm³/mol. The smallest absolute Gasteiger partial charge is 0.407 e. The first-order chi connectivity index (χ1) is 14.0. The lowest BCUT2D eigenvalue weighted by molar-refractivity contribution is 0.112. The lowest BCUT2D eigenvalue weighted by Crippen LogP contribution is -2.49. The van der Waals surface area contributed by atoms with Gasteiger partial charge < -0.3 is 20.2 Å². The maximum atomic E-state index is 13.7. The Labute approximate surface area is 166 Å². The third-order valence-electron chi connectivity index (χ3n) is 6.26. The van der Waals surface area contributed by atoms with Crippen LogP contribution in [-0.4, -0.2) is 56.5 Å². The van der Waals surface area contributed by atoms with Crippen LogP contribution in [0.3, 0.4) is 0 Å². The van der Waals surface area contributed by atoms with Crippen LogP contribution in [0.1, 0.15) is 19.3 Å². The number of anilines is 3. The first-order valence-corrected chi connectivity index (χ1v) is 9.91. The van der Waals surface area contributed by atoms with Crippen LogP contribution in [0.15, 0.2) is 18.2 Å². The zero-order valence-electron chi connectivity index (χ0n) is 15.8. The normalized spacial score (nSPS) is 25.8. The number of likely N-dealkylation sites (tertiary alicyclic amines) is 1. The number of aryl methyl sites for hydroxylation is 1. The Kier molecular flexibility index (Phi) is 4.29. The first kappa shape index (κ1) is 18.1. The van der Waals surface area contributed by atoms with Gasteiger partial charge in [-0.2, -0.15) is 4.98 Å². The van der Waals surface area contributed by atoms with Crippen LogP contribution in [-0.2, 0) is 6.54 Å². The first-order valence-electron chi connectivity index (χ1n) is 9.91. The molecule has 3 atom stereocenters. The van der Waals surface area contributed by atoms with Gasteiger partial charge >= 0.3 is 6.09 Å². The summed E-state index contributed by atoms with van der Waals surface area (Å²) in [6.07, 6.45) is 1.93. The quantitative estimate of drug-likeness (QED) is 0.818. The van der Waals surface area contributed by atoms with E-state index in [4.69, 9.17) is 0 Å². The molecule has 1 saturated heterocycles. The van der Waals surface area contributed by atoms with Crippen molar-refractivity contribution >= 4 is 23.7 Å². The van der Waals surface area contributed by atoms with E-state index >= 15 is 0 Å². The fraction of sp³-hybridized carbons (Fsp3) is 0.526. The minimum absolute atomic E-state index is 0.145. The van der Waals surface area contributed by atoms with Crippen molar-refractivity contribution < 1.29 is 18.7 Å². The summed E-state index contributed by atoms with van der Waals surface area (Å²) in [4.78, 5) is 19.3. The third-order valence-corrected chi connectivity index (χ3v) is 6.26. The molecule has 154 valence electrons. The van der Waals surface area contributed by atoms with E-state index in [9.17, 15) is 18.7 Å². The zero-order valence-corrected chi connectivity index (χ0v) is 15.8. The van der Waals surface area contributed by atoms with Crippen molar-refractivity contribution in [2.75, 3.05) is 29.9 Å². The van der Waals surface area contributed by atoms with Gasteiger partial charge in [0.05, 0.1) is 0 Å². The number of carboxylic acid groups (broad SMARTS) is 1. The van der Waals surface area contributed by atoms with Gasteiger partial charge in [0.2, 0.25) is 11.9 Å². The molecule has 1 aromatic carbocycles. The number of hydrogen-bond donors (Lipinski definition) is 2. The average Bonchev–Trinajstić information content (AvgIpc) is 3.20. The summed E-state index contributed by atoms with van der Waals surface area (Å²) in [7, 11) is 0. The zero-order chi connectivity index (χ0) is 20.1. The topological polar surface area (TPSA) is 86.5 Å². The van der Waals surface area contributed by atoms with Crippen molar-refractivity contribution in [3.63, 3.8) is 0 Å².